The molecule has 1 unspecified atom stereocenters. The molecule has 1 atom stereocenters. The molecule has 1 aliphatic heterocycles. The lowest BCUT2D eigenvalue weighted by Gasteiger charge is -2.14. The predicted octanol–water partition coefficient (Wildman–Crippen LogP) is 3.01. The van der Waals surface area contributed by atoms with Gasteiger partial charge in [-0.2, -0.15) is 0 Å². The number of imidazole rings is 1. The molecule has 1 saturated heterocycles. The molecule has 3 aromatic rings. The first-order chi connectivity index (χ1) is 11.7. The van der Waals surface area contributed by atoms with E-state index in [1.807, 2.05) is 12.1 Å². The lowest BCUT2D eigenvalue weighted by Crippen LogP contribution is -2.24. The van der Waals surface area contributed by atoms with Gasteiger partial charge in [-0.25, -0.2) is 13.9 Å². The number of ether oxygens (including phenoxy) is 1. The average molecular weight is 326 g/mol. The van der Waals surface area contributed by atoms with Gasteiger partial charge in [0.15, 0.2) is 5.65 Å². The van der Waals surface area contributed by atoms with E-state index in [1.54, 1.807) is 22.8 Å². The standard InChI is InChI=1S/C18H19FN4O/c1-2-22-10-9-15(12-22)24-18-8-7-17-20-11-16(23(17)21-18)13-3-5-14(19)6-4-13/h3-8,11,15H,2,9-10,12H2,1H3. The van der Waals surface area contributed by atoms with E-state index in [2.05, 4.69) is 21.9 Å². The molecule has 1 fully saturated rings. The predicted molar refractivity (Wildman–Crippen MR) is 89.5 cm³/mol. The summed E-state index contributed by atoms with van der Waals surface area (Å²) in [6, 6.07) is 10.1. The largest absolute Gasteiger partial charge is 0.472 e. The number of aromatic nitrogens is 3. The summed E-state index contributed by atoms with van der Waals surface area (Å²) >= 11 is 0. The molecule has 1 aromatic carbocycles. The van der Waals surface area contributed by atoms with Gasteiger partial charge in [0, 0.05) is 24.7 Å². The highest BCUT2D eigenvalue weighted by Gasteiger charge is 2.23. The minimum absolute atomic E-state index is 0.174. The maximum atomic E-state index is 13.1. The third-order valence-electron chi connectivity index (χ3n) is 4.44. The van der Waals surface area contributed by atoms with Crippen molar-refractivity contribution in [3.63, 3.8) is 0 Å². The van der Waals surface area contributed by atoms with Gasteiger partial charge in [-0.3, -0.25) is 4.90 Å². The monoisotopic (exact) mass is 326 g/mol. The number of likely N-dealkylation sites (N-methyl/N-ethyl adjacent to an activating group) is 1. The van der Waals surface area contributed by atoms with Gasteiger partial charge in [0.2, 0.25) is 5.88 Å². The summed E-state index contributed by atoms with van der Waals surface area (Å²) in [5.41, 5.74) is 2.42. The van der Waals surface area contributed by atoms with Gasteiger partial charge >= 0.3 is 0 Å². The van der Waals surface area contributed by atoms with Crippen LogP contribution in [0.2, 0.25) is 0 Å². The smallest absolute Gasteiger partial charge is 0.232 e. The lowest BCUT2D eigenvalue weighted by atomic mass is 10.2. The summed E-state index contributed by atoms with van der Waals surface area (Å²) in [5, 5.41) is 4.57. The number of halogens is 1. The van der Waals surface area contributed by atoms with Crippen LogP contribution in [0.4, 0.5) is 4.39 Å². The summed E-state index contributed by atoms with van der Waals surface area (Å²) in [6.07, 6.45) is 2.93. The van der Waals surface area contributed by atoms with Crippen LogP contribution >= 0.6 is 0 Å². The van der Waals surface area contributed by atoms with Crippen molar-refractivity contribution in [1.82, 2.24) is 19.5 Å². The Kier molecular flexibility index (Phi) is 3.90. The molecule has 0 radical (unpaired) electrons. The Bertz CT molecular complexity index is 846. The van der Waals surface area contributed by atoms with E-state index in [-0.39, 0.29) is 11.9 Å². The molecule has 0 bridgehead atoms. The molecule has 0 spiro atoms. The quantitative estimate of drug-likeness (QED) is 0.739. The van der Waals surface area contributed by atoms with E-state index in [0.717, 1.165) is 43.0 Å². The second kappa shape index (κ2) is 6.20. The number of hydrogen-bond acceptors (Lipinski definition) is 4. The average Bonchev–Trinajstić information content (AvgIpc) is 3.22. The third-order valence-corrected chi connectivity index (χ3v) is 4.44. The summed E-state index contributed by atoms with van der Waals surface area (Å²) < 4.78 is 20.9. The molecular weight excluding hydrogens is 307 g/mol. The van der Waals surface area contributed by atoms with Crippen LogP contribution in [0.5, 0.6) is 5.88 Å². The molecule has 2 aromatic heterocycles. The van der Waals surface area contributed by atoms with Gasteiger partial charge in [0.1, 0.15) is 11.9 Å². The highest BCUT2D eigenvalue weighted by molar-refractivity contribution is 5.62. The normalized spacial score (nSPS) is 18.3. The summed E-state index contributed by atoms with van der Waals surface area (Å²) in [7, 11) is 0. The summed E-state index contributed by atoms with van der Waals surface area (Å²) in [4.78, 5) is 6.72. The second-order valence-electron chi connectivity index (χ2n) is 6.01. The fourth-order valence-electron chi connectivity index (χ4n) is 3.09. The molecule has 5 nitrogen and oxygen atoms in total. The summed E-state index contributed by atoms with van der Waals surface area (Å²) in [6.45, 7) is 5.20. The highest BCUT2D eigenvalue weighted by atomic mass is 19.1. The molecule has 6 heteroatoms. The Morgan fingerprint density at radius 3 is 2.79 bits per heavy atom. The molecule has 3 heterocycles. The number of benzene rings is 1. The molecule has 124 valence electrons. The minimum Gasteiger partial charge on any atom is -0.472 e. The SMILES string of the molecule is CCN1CCC(Oc2ccc3ncc(-c4ccc(F)cc4)n3n2)C1. The minimum atomic E-state index is -0.258. The number of nitrogens with zero attached hydrogens (tertiary/aromatic N) is 4. The molecule has 0 aliphatic carbocycles. The zero-order chi connectivity index (χ0) is 16.5. The maximum absolute atomic E-state index is 13.1. The van der Waals surface area contributed by atoms with Crippen molar-refractivity contribution in [3.05, 3.63) is 48.4 Å². The van der Waals surface area contributed by atoms with E-state index in [9.17, 15) is 4.39 Å². The fourth-order valence-corrected chi connectivity index (χ4v) is 3.09. The number of likely N-dealkylation sites (tertiary alicyclic amines) is 1. The van der Waals surface area contributed by atoms with Crippen LogP contribution in [-0.2, 0) is 0 Å². The zero-order valence-electron chi connectivity index (χ0n) is 13.5. The van der Waals surface area contributed by atoms with Crippen molar-refractivity contribution < 1.29 is 9.13 Å². The van der Waals surface area contributed by atoms with Crippen LogP contribution in [0, 0.1) is 5.82 Å². The van der Waals surface area contributed by atoms with Gasteiger partial charge < -0.3 is 4.74 Å². The van der Waals surface area contributed by atoms with Crippen LogP contribution in [0.1, 0.15) is 13.3 Å². The Morgan fingerprint density at radius 2 is 2.04 bits per heavy atom. The molecule has 4 rings (SSSR count). The van der Waals surface area contributed by atoms with Gasteiger partial charge in [-0.1, -0.05) is 6.92 Å². The first-order valence-corrected chi connectivity index (χ1v) is 8.22. The summed E-state index contributed by atoms with van der Waals surface area (Å²) in [5.74, 6) is 0.332. The van der Waals surface area contributed by atoms with Crippen molar-refractivity contribution >= 4 is 5.65 Å². The van der Waals surface area contributed by atoms with Crippen molar-refractivity contribution in [2.45, 2.75) is 19.4 Å². The van der Waals surface area contributed by atoms with Crippen molar-refractivity contribution in [2.24, 2.45) is 0 Å². The van der Waals surface area contributed by atoms with Gasteiger partial charge in [-0.15, -0.1) is 5.10 Å². The topological polar surface area (TPSA) is 42.7 Å². The van der Waals surface area contributed by atoms with Gasteiger partial charge in [0.05, 0.1) is 11.9 Å². The van der Waals surface area contributed by atoms with Crippen LogP contribution in [0.25, 0.3) is 16.9 Å². The van der Waals surface area contributed by atoms with Crippen LogP contribution in [0.15, 0.2) is 42.6 Å². The van der Waals surface area contributed by atoms with Crippen molar-refractivity contribution in [1.29, 1.82) is 0 Å². The molecule has 0 saturated carbocycles. The van der Waals surface area contributed by atoms with E-state index in [0.29, 0.717) is 5.88 Å². The van der Waals surface area contributed by atoms with Crippen molar-refractivity contribution in [3.8, 4) is 17.1 Å². The second-order valence-corrected chi connectivity index (χ2v) is 6.01. The molecule has 24 heavy (non-hydrogen) atoms. The highest BCUT2D eigenvalue weighted by Crippen LogP contribution is 2.23. The molecule has 0 amide bonds. The van der Waals surface area contributed by atoms with E-state index in [4.69, 9.17) is 4.74 Å². The van der Waals surface area contributed by atoms with Crippen molar-refractivity contribution in [2.75, 3.05) is 19.6 Å². The van der Waals surface area contributed by atoms with E-state index < -0.39 is 0 Å². The van der Waals surface area contributed by atoms with E-state index >= 15 is 0 Å². The Labute approximate surface area is 139 Å². The van der Waals surface area contributed by atoms with Gasteiger partial charge in [0.25, 0.3) is 0 Å². The molecule has 1 aliphatic rings. The van der Waals surface area contributed by atoms with Gasteiger partial charge in [-0.05, 0) is 43.3 Å². The van der Waals surface area contributed by atoms with Crippen LogP contribution < -0.4 is 4.74 Å². The fraction of sp³-hybridized carbons (Fsp3) is 0.333. The van der Waals surface area contributed by atoms with E-state index in [1.165, 1.54) is 12.1 Å². The molecular formula is C18H19FN4O. The molecule has 0 N–H and O–H groups in total. The number of fused-ring (bicyclic) bond motifs is 1. The Hall–Kier alpha value is -2.47. The lowest BCUT2D eigenvalue weighted by molar-refractivity contribution is 0.192. The first-order valence-electron chi connectivity index (χ1n) is 8.22. The first kappa shape index (κ1) is 15.1. The maximum Gasteiger partial charge on any atom is 0.232 e. The third kappa shape index (κ3) is 2.85. The Morgan fingerprint density at radius 1 is 1.21 bits per heavy atom. The zero-order valence-corrected chi connectivity index (χ0v) is 13.5. The van der Waals surface area contributed by atoms with Crippen LogP contribution in [0.3, 0.4) is 0 Å². The number of hydrogen-bond donors (Lipinski definition) is 0. The number of rotatable bonds is 4. The Balaban J connectivity index is 1.62. The van der Waals surface area contributed by atoms with Crippen LogP contribution in [-0.4, -0.2) is 45.2 Å².